The number of carbonyl (C=O) groups excluding carboxylic acids is 2. The molecule has 0 aromatic heterocycles. The van der Waals surface area contributed by atoms with Gasteiger partial charge in [0.05, 0.1) is 0 Å². The molecule has 1 rings (SSSR count). The van der Waals surface area contributed by atoms with Gasteiger partial charge in [-0.1, -0.05) is 69.8 Å². The van der Waals surface area contributed by atoms with Gasteiger partial charge in [0, 0.05) is 6.42 Å². The van der Waals surface area contributed by atoms with Crippen molar-refractivity contribution < 1.29 is 34.4 Å². The molecule has 0 amide bonds. The summed E-state index contributed by atoms with van der Waals surface area (Å²) in [6, 6.07) is 0. The summed E-state index contributed by atoms with van der Waals surface area (Å²) in [4.78, 5) is 22.8. The van der Waals surface area contributed by atoms with E-state index < -0.39 is 42.3 Å². The lowest BCUT2D eigenvalue weighted by Gasteiger charge is -2.17. The zero-order chi connectivity index (χ0) is 22.9. The predicted octanol–water partition coefficient (Wildman–Crippen LogP) is 4.96. The lowest BCUT2D eigenvalue weighted by molar-refractivity contribution is -0.154. The van der Waals surface area contributed by atoms with Crippen LogP contribution in [0.3, 0.4) is 0 Å². The van der Waals surface area contributed by atoms with E-state index in [1.54, 1.807) is 0 Å². The van der Waals surface area contributed by atoms with Crippen molar-refractivity contribution in [3.63, 3.8) is 0 Å². The molecule has 0 aliphatic carbocycles. The Hall–Kier alpha value is -2.28. The van der Waals surface area contributed by atoms with E-state index in [0.717, 1.165) is 38.5 Å². The summed E-state index contributed by atoms with van der Waals surface area (Å²) in [5.41, 5.74) is 0. The molecule has 7 heteroatoms. The monoisotopic (exact) mass is 438 g/mol. The van der Waals surface area contributed by atoms with Crippen molar-refractivity contribution in [3.8, 4) is 0 Å². The number of esters is 2. The number of carbonyl (C=O) groups is 2. The maximum atomic E-state index is 11.7. The van der Waals surface area contributed by atoms with Gasteiger partial charge in [-0.2, -0.15) is 0 Å². The molecular formula is C24H38O7. The van der Waals surface area contributed by atoms with Crippen molar-refractivity contribution in [1.82, 2.24) is 0 Å². The Morgan fingerprint density at radius 1 is 1.00 bits per heavy atom. The van der Waals surface area contributed by atoms with Crippen molar-refractivity contribution >= 4 is 11.9 Å². The zero-order valence-electron chi connectivity index (χ0n) is 18.6. The van der Waals surface area contributed by atoms with E-state index in [2.05, 4.69) is 36.0 Å². The van der Waals surface area contributed by atoms with Gasteiger partial charge in [-0.15, -0.1) is 0 Å². The van der Waals surface area contributed by atoms with Crippen LogP contribution in [0.4, 0.5) is 0 Å². The van der Waals surface area contributed by atoms with Crippen LogP contribution in [0.15, 0.2) is 35.8 Å². The molecule has 0 fully saturated rings. The van der Waals surface area contributed by atoms with Gasteiger partial charge in [0.1, 0.15) is 12.7 Å². The topological polar surface area (TPSA) is 113 Å². The quantitative estimate of drug-likeness (QED) is 0.167. The molecule has 0 radical (unpaired) electrons. The summed E-state index contributed by atoms with van der Waals surface area (Å²) in [5, 5.41) is 28.5. The first-order valence-corrected chi connectivity index (χ1v) is 11.5. The highest BCUT2D eigenvalue weighted by atomic mass is 16.6. The number of cyclic esters (lactones) is 1. The van der Waals surface area contributed by atoms with Gasteiger partial charge in [-0.25, -0.2) is 4.79 Å². The number of hydrogen-bond donors (Lipinski definition) is 3. The molecule has 1 heterocycles. The van der Waals surface area contributed by atoms with E-state index in [4.69, 9.17) is 4.74 Å². The van der Waals surface area contributed by atoms with Gasteiger partial charge >= 0.3 is 11.9 Å². The predicted molar refractivity (Wildman–Crippen MR) is 118 cm³/mol. The fourth-order valence-electron chi connectivity index (χ4n) is 3.17. The number of unbranched alkanes of at least 4 members (excludes halogenated alkanes) is 9. The second kappa shape index (κ2) is 16.4. The van der Waals surface area contributed by atoms with E-state index in [0.29, 0.717) is 6.42 Å². The fourth-order valence-corrected chi connectivity index (χ4v) is 3.17. The van der Waals surface area contributed by atoms with Crippen molar-refractivity contribution in [1.29, 1.82) is 0 Å². The van der Waals surface area contributed by atoms with Crippen molar-refractivity contribution in [2.45, 2.75) is 96.2 Å². The molecule has 2 atom stereocenters. The van der Waals surface area contributed by atoms with Gasteiger partial charge in [0.25, 0.3) is 0 Å². The van der Waals surface area contributed by atoms with Crippen LogP contribution in [0.1, 0.15) is 84.0 Å². The van der Waals surface area contributed by atoms with E-state index >= 15 is 0 Å². The third-order valence-electron chi connectivity index (χ3n) is 5.06. The first kappa shape index (κ1) is 26.8. The van der Waals surface area contributed by atoms with Crippen LogP contribution in [0.25, 0.3) is 0 Å². The molecule has 31 heavy (non-hydrogen) atoms. The normalized spacial score (nSPS) is 17.6. The third-order valence-corrected chi connectivity index (χ3v) is 5.06. The SMILES string of the molecule is CCCCCC/C=C/C=C\CCCCCCCC(=O)OC[C@H](O)[C@@H]1OC(=O)C(O)=C1O. The first-order valence-electron chi connectivity index (χ1n) is 11.5. The first-order chi connectivity index (χ1) is 15.0. The van der Waals surface area contributed by atoms with Crippen LogP contribution >= 0.6 is 0 Å². The molecule has 0 saturated heterocycles. The Morgan fingerprint density at radius 3 is 2.16 bits per heavy atom. The summed E-state index contributed by atoms with van der Waals surface area (Å²) in [5.74, 6) is -3.25. The second-order valence-electron chi connectivity index (χ2n) is 7.82. The Labute approximate surface area is 185 Å². The molecule has 0 aromatic carbocycles. The zero-order valence-corrected chi connectivity index (χ0v) is 18.6. The largest absolute Gasteiger partial charge is 0.505 e. The van der Waals surface area contributed by atoms with Crippen molar-refractivity contribution in [2.24, 2.45) is 0 Å². The highest BCUT2D eigenvalue weighted by molar-refractivity contribution is 5.89. The van der Waals surface area contributed by atoms with Crippen molar-refractivity contribution in [2.75, 3.05) is 6.61 Å². The van der Waals surface area contributed by atoms with Gasteiger partial charge < -0.3 is 24.8 Å². The average Bonchev–Trinajstić information content (AvgIpc) is 3.02. The molecule has 0 aromatic rings. The average molecular weight is 439 g/mol. The highest BCUT2D eigenvalue weighted by Crippen LogP contribution is 2.21. The van der Waals surface area contributed by atoms with Crippen LogP contribution < -0.4 is 0 Å². The number of aliphatic hydroxyl groups excluding tert-OH is 3. The second-order valence-corrected chi connectivity index (χ2v) is 7.82. The maximum absolute atomic E-state index is 11.7. The minimum atomic E-state index is -1.43. The highest BCUT2D eigenvalue weighted by Gasteiger charge is 2.39. The Bertz CT molecular complexity index is 621. The van der Waals surface area contributed by atoms with Gasteiger partial charge in [0.2, 0.25) is 5.76 Å². The lowest BCUT2D eigenvalue weighted by atomic mass is 10.1. The Morgan fingerprint density at radius 2 is 1.58 bits per heavy atom. The summed E-state index contributed by atoms with van der Waals surface area (Å²) in [6.45, 7) is 1.80. The molecule has 176 valence electrons. The maximum Gasteiger partial charge on any atom is 0.377 e. The van der Waals surface area contributed by atoms with Crippen molar-refractivity contribution in [3.05, 3.63) is 35.8 Å². The fraction of sp³-hybridized carbons (Fsp3) is 0.667. The minimum absolute atomic E-state index is 0.243. The molecule has 0 spiro atoms. The number of rotatable bonds is 17. The van der Waals surface area contributed by atoms with Gasteiger partial charge in [-0.05, 0) is 32.1 Å². The molecule has 1 aliphatic heterocycles. The molecule has 3 N–H and O–H groups in total. The third kappa shape index (κ3) is 11.6. The summed E-state index contributed by atoms with van der Waals surface area (Å²) >= 11 is 0. The van der Waals surface area contributed by atoms with E-state index in [9.17, 15) is 24.9 Å². The van der Waals surface area contributed by atoms with Crippen LogP contribution in [-0.2, 0) is 19.1 Å². The van der Waals surface area contributed by atoms with Crippen LogP contribution in [0, 0.1) is 0 Å². The van der Waals surface area contributed by atoms with Crippen LogP contribution in [0.2, 0.25) is 0 Å². The van der Waals surface area contributed by atoms with E-state index in [1.165, 1.54) is 25.7 Å². The molecule has 7 nitrogen and oxygen atoms in total. The molecule has 0 bridgehead atoms. The number of hydrogen-bond acceptors (Lipinski definition) is 7. The number of allylic oxidation sites excluding steroid dienone is 4. The smallest absolute Gasteiger partial charge is 0.377 e. The molecule has 0 saturated carbocycles. The summed E-state index contributed by atoms with van der Waals surface area (Å²) < 4.78 is 9.55. The summed E-state index contributed by atoms with van der Waals surface area (Å²) in [7, 11) is 0. The minimum Gasteiger partial charge on any atom is -0.505 e. The Balaban J connectivity index is 1.96. The van der Waals surface area contributed by atoms with Gasteiger partial charge in [-0.3, -0.25) is 4.79 Å². The van der Waals surface area contributed by atoms with Crippen LogP contribution in [-0.4, -0.2) is 46.1 Å². The van der Waals surface area contributed by atoms with Gasteiger partial charge in [0.15, 0.2) is 11.9 Å². The number of aliphatic hydroxyl groups is 3. The summed E-state index contributed by atoms with van der Waals surface area (Å²) in [6.07, 6.45) is 18.4. The number of ether oxygens (including phenoxy) is 2. The lowest BCUT2D eigenvalue weighted by Crippen LogP contribution is -2.33. The standard InChI is InChI=1S/C24H38O7/c1-2-3-4-5-6-7-8-9-10-11-12-13-14-15-16-17-20(26)30-18-19(25)23-21(27)22(28)24(29)31-23/h7-10,19,23,25,27-28H,2-6,11-18H2,1H3/b8-7+,10-9-/t19-,23-/m0/s1. The van der Waals surface area contributed by atoms with E-state index in [1.807, 2.05) is 0 Å². The molecular weight excluding hydrogens is 400 g/mol. The molecule has 0 unspecified atom stereocenters. The van der Waals surface area contributed by atoms with Crippen LogP contribution in [0.5, 0.6) is 0 Å². The molecule has 1 aliphatic rings. The Kier molecular flexibility index (Phi) is 14.2. The van der Waals surface area contributed by atoms with E-state index in [-0.39, 0.29) is 6.42 Å².